The number of rotatable bonds is 3. The number of nitrogens with two attached hydrogens (primary N) is 1. The maximum Gasteiger partial charge on any atom is 0.0594 e. The fraction of sp³-hybridized carbons (Fsp3) is 1.00. The summed E-state index contributed by atoms with van der Waals surface area (Å²) in [5.41, 5.74) is 5.95. The molecule has 1 heterocycles. The van der Waals surface area contributed by atoms with Crippen molar-refractivity contribution in [3.8, 4) is 0 Å². The molecule has 1 fully saturated rings. The standard InChI is InChI=1S/C9H20N2O/c1-3-9(2,8-10)11-4-6-12-7-5-11/h3-8,10H2,1-2H3/t9-/m0/s1. The molecule has 0 amide bonds. The minimum atomic E-state index is 0.184. The maximum atomic E-state index is 5.77. The van der Waals surface area contributed by atoms with Crippen LogP contribution in [0.25, 0.3) is 0 Å². The molecule has 0 aromatic rings. The average molecular weight is 172 g/mol. The average Bonchev–Trinajstić information content (AvgIpc) is 2.18. The van der Waals surface area contributed by atoms with Crippen LogP contribution in [0.2, 0.25) is 0 Å². The van der Waals surface area contributed by atoms with E-state index in [9.17, 15) is 0 Å². The molecule has 72 valence electrons. The van der Waals surface area contributed by atoms with Crippen molar-refractivity contribution >= 4 is 0 Å². The molecule has 1 atom stereocenters. The van der Waals surface area contributed by atoms with E-state index in [4.69, 9.17) is 10.5 Å². The summed E-state index contributed by atoms with van der Waals surface area (Å²) >= 11 is 0. The topological polar surface area (TPSA) is 38.5 Å². The third-order valence-electron chi connectivity index (χ3n) is 2.98. The number of nitrogens with zero attached hydrogens (tertiary/aromatic N) is 1. The molecule has 1 saturated heterocycles. The van der Waals surface area contributed by atoms with Gasteiger partial charge in [0.1, 0.15) is 0 Å². The van der Waals surface area contributed by atoms with Gasteiger partial charge in [-0.15, -0.1) is 0 Å². The first-order valence-corrected chi connectivity index (χ1v) is 4.76. The zero-order chi connectivity index (χ0) is 9.03. The van der Waals surface area contributed by atoms with E-state index in [0.717, 1.165) is 39.3 Å². The smallest absolute Gasteiger partial charge is 0.0594 e. The predicted octanol–water partition coefficient (Wildman–Crippen LogP) is 0.446. The second-order valence-corrected chi connectivity index (χ2v) is 3.65. The zero-order valence-electron chi connectivity index (χ0n) is 8.18. The molecular weight excluding hydrogens is 152 g/mol. The molecule has 0 radical (unpaired) electrons. The summed E-state index contributed by atoms with van der Waals surface area (Å²) in [7, 11) is 0. The van der Waals surface area contributed by atoms with Gasteiger partial charge < -0.3 is 10.5 Å². The van der Waals surface area contributed by atoms with Crippen LogP contribution in [0, 0.1) is 0 Å². The molecular formula is C9H20N2O. The number of hydrogen-bond acceptors (Lipinski definition) is 3. The molecule has 12 heavy (non-hydrogen) atoms. The molecule has 0 spiro atoms. The van der Waals surface area contributed by atoms with E-state index in [1.807, 2.05) is 0 Å². The summed E-state index contributed by atoms with van der Waals surface area (Å²) in [5, 5.41) is 0. The Kier molecular flexibility index (Phi) is 3.50. The molecule has 3 heteroatoms. The predicted molar refractivity (Wildman–Crippen MR) is 50.1 cm³/mol. The zero-order valence-corrected chi connectivity index (χ0v) is 8.18. The molecule has 2 N–H and O–H groups in total. The van der Waals surface area contributed by atoms with Gasteiger partial charge in [0.25, 0.3) is 0 Å². The number of hydrogen-bond donors (Lipinski definition) is 1. The van der Waals surface area contributed by atoms with Crippen LogP contribution in [0.1, 0.15) is 20.3 Å². The highest BCUT2D eigenvalue weighted by molar-refractivity contribution is 4.86. The third kappa shape index (κ3) is 1.97. The SMILES string of the molecule is CC[C@@](C)(CN)N1CCOCC1. The van der Waals surface area contributed by atoms with Gasteiger partial charge in [-0.2, -0.15) is 0 Å². The highest BCUT2D eigenvalue weighted by Gasteiger charge is 2.29. The van der Waals surface area contributed by atoms with Crippen molar-refractivity contribution in [3.63, 3.8) is 0 Å². The van der Waals surface area contributed by atoms with Gasteiger partial charge in [-0.3, -0.25) is 4.90 Å². The Bertz CT molecular complexity index is 128. The Morgan fingerprint density at radius 1 is 1.42 bits per heavy atom. The fourth-order valence-corrected chi connectivity index (χ4v) is 1.60. The molecule has 0 unspecified atom stereocenters. The Balaban J connectivity index is 2.51. The first-order chi connectivity index (χ1) is 5.73. The lowest BCUT2D eigenvalue weighted by atomic mass is 9.96. The molecule has 1 aliphatic rings. The van der Waals surface area contributed by atoms with Crippen LogP contribution < -0.4 is 5.73 Å². The van der Waals surface area contributed by atoms with Crippen LogP contribution in [-0.2, 0) is 4.74 Å². The first-order valence-electron chi connectivity index (χ1n) is 4.76. The van der Waals surface area contributed by atoms with E-state index < -0.39 is 0 Å². The molecule has 0 aromatic heterocycles. The highest BCUT2D eigenvalue weighted by atomic mass is 16.5. The lowest BCUT2D eigenvalue weighted by molar-refractivity contribution is -0.0145. The van der Waals surface area contributed by atoms with Gasteiger partial charge in [0.15, 0.2) is 0 Å². The molecule has 0 bridgehead atoms. The van der Waals surface area contributed by atoms with Crippen molar-refractivity contribution in [1.29, 1.82) is 0 Å². The summed E-state index contributed by atoms with van der Waals surface area (Å²) in [4.78, 5) is 2.44. The molecule has 0 saturated carbocycles. The van der Waals surface area contributed by atoms with E-state index >= 15 is 0 Å². The van der Waals surface area contributed by atoms with Crippen LogP contribution in [0.15, 0.2) is 0 Å². The van der Waals surface area contributed by atoms with Crippen LogP contribution in [0.4, 0.5) is 0 Å². The summed E-state index contributed by atoms with van der Waals surface area (Å²) < 4.78 is 5.30. The monoisotopic (exact) mass is 172 g/mol. The summed E-state index contributed by atoms with van der Waals surface area (Å²) in [6.45, 7) is 8.94. The van der Waals surface area contributed by atoms with Crippen LogP contribution in [-0.4, -0.2) is 43.3 Å². The van der Waals surface area contributed by atoms with Gasteiger partial charge >= 0.3 is 0 Å². The van der Waals surface area contributed by atoms with Gasteiger partial charge in [0.05, 0.1) is 13.2 Å². The van der Waals surface area contributed by atoms with Gasteiger partial charge in [-0.05, 0) is 13.3 Å². The van der Waals surface area contributed by atoms with Gasteiger partial charge in [-0.1, -0.05) is 6.92 Å². The van der Waals surface area contributed by atoms with Crippen molar-refractivity contribution in [3.05, 3.63) is 0 Å². The largest absolute Gasteiger partial charge is 0.379 e. The van der Waals surface area contributed by atoms with E-state index in [-0.39, 0.29) is 5.54 Å². The minimum Gasteiger partial charge on any atom is -0.379 e. The summed E-state index contributed by atoms with van der Waals surface area (Å²) in [6.07, 6.45) is 1.11. The molecule has 1 rings (SSSR count). The van der Waals surface area contributed by atoms with Crippen LogP contribution in [0.3, 0.4) is 0 Å². The Hall–Kier alpha value is -0.120. The van der Waals surface area contributed by atoms with E-state index in [2.05, 4.69) is 18.7 Å². The second kappa shape index (κ2) is 4.21. The van der Waals surface area contributed by atoms with Gasteiger partial charge in [-0.25, -0.2) is 0 Å². The van der Waals surface area contributed by atoms with Gasteiger partial charge in [0, 0.05) is 25.2 Å². The quantitative estimate of drug-likeness (QED) is 0.671. The van der Waals surface area contributed by atoms with E-state index in [1.165, 1.54) is 0 Å². The van der Waals surface area contributed by atoms with E-state index in [0.29, 0.717) is 0 Å². The Morgan fingerprint density at radius 2 is 2.00 bits per heavy atom. The third-order valence-corrected chi connectivity index (χ3v) is 2.98. The van der Waals surface area contributed by atoms with E-state index in [1.54, 1.807) is 0 Å². The molecule has 3 nitrogen and oxygen atoms in total. The van der Waals surface area contributed by atoms with Crippen molar-refractivity contribution in [2.75, 3.05) is 32.8 Å². The Labute approximate surface area is 74.9 Å². The molecule has 1 aliphatic heterocycles. The maximum absolute atomic E-state index is 5.77. The van der Waals surface area contributed by atoms with Crippen molar-refractivity contribution < 1.29 is 4.74 Å². The van der Waals surface area contributed by atoms with Crippen LogP contribution in [0.5, 0.6) is 0 Å². The second-order valence-electron chi connectivity index (χ2n) is 3.65. The number of morpholine rings is 1. The lowest BCUT2D eigenvalue weighted by Crippen LogP contribution is -2.55. The minimum absolute atomic E-state index is 0.184. The normalized spacial score (nSPS) is 25.2. The summed E-state index contributed by atoms with van der Waals surface area (Å²) in [5.74, 6) is 0. The van der Waals surface area contributed by atoms with Gasteiger partial charge in [0.2, 0.25) is 0 Å². The van der Waals surface area contributed by atoms with Crippen LogP contribution >= 0.6 is 0 Å². The highest BCUT2D eigenvalue weighted by Crippen LogP contribution is 2.18. The summed E-state index contributed by atoms with van der Waals surface area (Å²) in [6, 6.07) is 0. The molecule has 0 aromatic carbocycles. The van der Waals surface area contributed by atoms with Crippen molar-refractivity contribution in [2.45, 2.75) is 25.8 Å². The van der Waals surface area contributed by atoms with Crippen molar-refractivity contribution in [2.24, 2.45) is 5.73 Å². The fourth-order valence-electron chi connectivity index (χ4n) is 1.60. The number of ether oxygens (including phenoxy) is 1. The molecule has 0 aliphatic carbocycles. The first kappa shape index (κ1) is 9.96. The Morgan fingerprint density at radius 3 is 2.42 bits per heavy atom. The van der Waals surface area contributed by atoms with Crippen molar-refractivity contribution in [1.82, 2.24) is 4.90 Å². The lowest BCUT2D eigenvalue weighted by Gasteiger charge is -2.42.